The number of methoxy groups -OCH3 is 2. The lowest BCUT2D eigenvalue weighted by Crippen LogP contribution is -2.05. The molecule has 18 heavy (non-hydrogen) atoms. The second-order valence-electron chi connectivity index (χ2n) is 3.77. The standard InChI is InChI=1S/C12H16N4O2/c1-16-10(8-14-15-16)7-13-9-4-5-11(17-2)12(6-9)18-3/h4-6,8,13H,7H2,1-3H3. The largest absolute Gasteiger partial charge is 0.493 e. The van der Waals surface area contributed by atoms with Gasteiger partial charge in [0.15, 0.2) is 11.5 Å². The molecule has 1 aromatic heterocycles. The summed E-state index contributed by atoms with van der Waals surface area (Å²) in [6.45, 7) is 0.652. The first-order chi connectivity index (χ1) is 8.74. The molecule has 0 saturated carbocycles. The number of nitrogens with one attached hydrogen (secondary N) is 1. The number of hydrogen-bond donors (Lipinski definition) is 1. The number of benzene rings is 1. The minimum absolute atomic E-state index is 0.652. The van der Waals surface area contributed by atoms with Crippen LogP contribution in [0.4, 0.5) is 5.69 Å². The Morgan fingerprint density at radius 3 is 2.61 bits per heavy atom. The maximum atomic E-state index is 5.24. The van der Waals surface area contributed by atoms with Crippen molar-refractivity contribution in [2.45, 2.75) is 6.54 Å². The van der Waals surface area contributed by atoms with Gasteiger partial charge in [-0.15, -0.1) is 5.10 Å². The van der Waals surface area contributed by atoms with Gasteiger partial charge in [-0.05, 0) is 12.1 Å². The van der Waals surface area contributed by atoms with E-state index in [0.29, 0.717) is 18.0 Å². The van der Waals surface area contributed by atoms with Crippen LogP contribution in [0.3, 0.4) is 0 Å². The van der Waals surface area contributed by atoms with Crippen molar-refractivity contribution in [1.29, 1.82) is 0 Å². The van der Waals surface area contributed by atoms with E-state index in [2.05, 4.69) is 15.6 Å². The van der Waals surface area contributed by atoms with E-state index in [0.717, 1.165) is 11.4 Å². The van der Waals surface area contributed by atoms with Gasteiger partial charge in [0.25, 0.3) is 0 Å². The van der Waals surface area contributed by atoms with Crippen LogP contribution < -0.4 is 14.8 Å². The summed E-state index contributed by atoms with van der Waals surface area (Å²) in [5, 5.41) is 11.0. The third kappa shape index (κ3) is 2.53. The van der Waals surface area contributed by atoms with E-state index < -0.39 is 0 Å². The highest BCUT2D eigenvalue weighted by atomic mass is 16.5. The molecule has 1 aromatic carbocycles. The number of nitrogens with zero attached hydrogens (tertiary/aromatic N) is 3. The zero-order valence-electron chi connectivity index (χ0n) is 10.7. The Hall–Kier alpha value is -2.24. The predicted octanol–water partition coefficient (Wildman–Crippen LogP) is 1.44. The smallest absolute Gasteiger partial charge is 0.162 e. The lowest BCUT2D eigenvalue weighted by molar-refractivity contribution is 0.355. The number of aromatic nitrogens is 3. The van der Waals surface area contributed by atoms with Crippen LogP contribution in [0.2, 0.25) is 0 Å². The zero-order chi connectivity index (χ0) is 13.0. The van der Waals surface area contributed by atoms with Crippen molar-refractivity contribution in [3.05, 3.63) is 30.1 Å². The first kappa shape index (κ1) is 12.2. The van der Waals surface area contributed by atoms with Crippen molar-refractivity contribution in [2.24, 2.45) is 7.05 Å². The van der Waals surface area contributed by atoms with Gasteiger partial charge in [-0.25, -0.2) is 0 Å². The van der Waals surface area contributed by atoms with Crippen LogP contribution in [0.1, 0.15) is 5.69 Å². The quantitative estimate of drug-likeness (QED) is 0.867. The lowest BCUT2D eigenvalue weighted by atomic mass is 10.2. The van der Waals surface area contributed by atoms with Crippen molar-refractivity contribution < 1.29 is 9.47 Å². The van der Waals surface area contributed by atoms with E-state index in [1.165, 1.54) is 0 Å². The summed E-state index contributed by atoms with van der Waals surface area (Å²) in [4.78, 5) is 0. The minimum Gasteiger partial charge on any atom is -0.493 e. The maximum absolute atomic E-state index is 5.24. The summed E-state index contributed by atoms with van der Waals surface area (Å²) in [7, 11) is 5.09. The molecule has 0 aliphatic rings. The van der Waals surface area contributed by atoms with Gasteiger partial charge in [-0.3, -0.25) is 4.68 Å². The second-order valence-corrected chi connectivity index (χ2v) is 3.77. The fourth-order valence-electron chi connectivity index (χ4n) is 1.61. The molecular formula is C12H16N4O2. The Bertz CT molecular complexity index is 525. The number of hydrogen-bond acceptors (Lipinski definition) is 5. The molecule has 6 heteroatoms. The molecule has 96 valence electrons. The lowest BCUT2D eigenvalue weighted by Gasteiger charge is -2.11. The van der Waals surface area contributed by atoms with Crippen LogP contribution in [0.5, 0.6) is 11.5 Å². The molecule has 2 aromatic rings. The van der Waals surface area contributed by atoms with Gasteiger partial charge in [0.1, 0.15) is 0 Å². The van der Waals surface area contributed by atoms with E-state index in [9.17, 15) is 0 Å². The third-order valence-electron chi connectivity index (χ3n) is 2.67. The Labute approximate surface area is 106 Å². The Balaban J connectivity index is 2.08. The van der Waals surface area contributed by atoms with Crippen LogP contribution in [0.25, 0.3) is 0 Å². The van der Waals surface area contributed by atoms with Crippen LogP contribution in [-0.2, 0) is 13.6 Å². The van der Waals surface area contributed by atoms with E-state index in [-0.39, 0.29) is 0 Å². The molecule has 2 rings (SSSR count). The molecule has 0 unspecified atom stereocenters. The second kappa shape index (κ2) is 5.39. The normalized spacial score (nSPS) is 10.2. The van der Waals surface area contributed by atoms with Gasteiger partial charge >= 0.3 is 0 Å². The van der Waals surface area contributed by atoms with Crippen LogP contribution in [0.15, 0.2) is 24.4 Å². The van der Waals surface area contributed by atoms with Gasteiger partial charge in [0.05, 0.1) is 32.7 Å². The topological polar surface area (TPSA) is 61.2 Å². The van der Waals surface area contributed by atoms with Crippen molar-refractivity contribution in [3.63, 3.8) is 0 Å². The fraction of sp³-hybridized carbons (Fsp3) is 0.333. The highest BCUT2D eigenvalue weighted by Gasteiger charge is 2.05. The number of rotatable bonds is 5. The fourth-order valence-corrected chi connectivity index (χ4v) is 1.61. The van der Waals surface area contributed by atoms with E-state index in [4.69, 9.17) is 9.47 Å². The Morgan fingerprint density at radius 1 is 1.22 bits per heavy atom. The monoisotopic (exact) mass is 248 g/mol. The van der Waals surface area contributed by atoms with Gasteiger partial charge < -0.3 is 14.8 Å². The predicted molar refractivity (Wildman–Crippen MR) is 67.9 cm³/mol. The molecule has 0 saturated heterocycles. The molecular weight excluding hydrogens is 232 g/mol. The van der Waals surface area contributed by atoms with Crippen LogP contribution in [0, 0.1) is 0 Å². The van der Waals surface area contributed by atoms with Gasteiger partial charge in [0, 0.05) is 18.8 Å². The highest BCUT2D eigenvalue weighted by Crippen LogP contribution is 2.29. The van der Waals surface area contributed by atoms with Crippen molar-refractivity contribution >= 4 is 5.69 Å². The molecule has 0 aliphatic heterocycles. The third-order valence-corrected chi connectivity index (χ3v) is 2.67. The van der Waals surface area contributed by atoms with Crippen LogP contribution >= 0.6 is 0 Å². The van der Waals surface area contributed by atoms with Crippen LogP contribution in [-0.4, -0.2) is 29.2 Å². The van der Waals surface area contributed by atoms with Gasteiger partial charge in [0.2, 0.25) is 0 Å². The van der Waals surface area contributed by atoms with Crippen molar-refractivity contribution in [1.82, 2.24) is 15.0 Å². The highest BCUT2D eigenvalue weighted by molar-refractivity contribution is 5.54. The van der Waals surface area contributed by atoms with E-state index in [1.807, 2.05) is 25.2 Å². The first-order valence-corrected chi connectivity index (χ1v) is 5.54. The van der Waals surface area contributed by atoms with E-state index >= 15 is 0 Å². The van der Waals surface area contributed by atoms with Crippen molar-refractivity contribution in [3.8, 4) is 11.5 Å². The Morgan fingerprint density at radius 2 is 2.00 bits per heavy atom. The summed E-state index contributed by atoms with van der Waals surface area (Å²) in [5.74, 6) is 1.41. The molecule has 0 amide bonds. The molecule has 1 N–H and O–H groups in total. The zero-order valence-corrected chi connectivity index (χ0v) is 10.7. The summed E-state index contributed by atoms with van der Waals surface area (Å²) in [5.41, 5.74) is 1.96. The Kier molecular flexibility index (Phi) is 3.66. The summed E-state index contributed by atoms with van der Waals surface area (Å²) in [6, 6.07) is 5.69. The average Bonchev–Trinajstić information content (AvgIpc) is 2.81. The molecule has 0 fully saturated rings. The summed E-state index contributed by atoms with van der Waals surface area (Å²) < 4.78 is 12.2. The summed E-state index contributed by atoms with van der Waals surface area (Å²) in [6.07, 6.45) is 1.73. The molecule has 0 spiro atoms. The van der Waals surface area contributed by atoms with Crippen molar-refractivity contribution in [2.75, 3.05) is 19.5 Å². The molecule has 6 nitrogen and oxygen atoms in total. The van der Waals surface area contributed by atoms with Gasteiger partial charge in [-0.1, -0.05) is 5.21 Å². The minimum atomic E-state index is 0.652. The number of aryl methyl sites for hydroxylation is 1. The molecule has 0 atom stereocenters. The summed E-state index contributed by atoms with van der Waals surface area (Å²) >= 11 is 0. The first-order valence-electron chi connectivity index (χ1n) is 5.54. The molecule has 0 radical (unpaired) electrons. The van der Waals surface area contributed by atoms with Gasteiger partial charge in [-0.2, -0.15) is 0 Å². The molecule has 1 heterocycles. The molecule has 0 bridgehead atoms. The maximum Gasteiger partial charge on any atom is 0.162 e. The van der Waals surface area contributed by atoms with E-state index in [1.54, 1.807) is 25.1 Å². The SMILES string of the molecule is COc1ccc(NCc2cnnn2C)cc1OC. The average molecular weight is 248 g/mol. The molecule has 0 aliphatic carbocycles. The number of anilines is 1. The number of ether oxygens (including phenoxy) is 2.